The average Bonchev–Trinajstić information content (AvgIpc) is 2.96. The van der Waals surface area contributed by atoms with E-state index in [9.17, 15) is 4.79 Å². The Labute approximate surface area is 107 Å². The second kappa shape index (κ2) is 4.76. The highest BCUT2D eigenvalue weighted by molar-refractivity contribution is 5.95. The van der Waals surface area contributed by atoms with Gasteiger partial charge in [-0.3, -0.25) is 4.79 Å². The summed E-state index contributed by atoms with van der Waals surface area (Å²) in [6.45, 7) is 4.10. The molecule has 0 radical (unpaired) electrons. The van der Waals surface area contributed by atoms with Gasteiger partial charge in [0.2, 0.25) is 0 Å². The summed E-state index contributed by atoms with van der Waals surface area (Å²) in [5.74, 6) is 2.28. The van der Waals surface area contributed by atoms with Gasteiger partial charge in [0.15, 0.2) is 0 Å². The topological polar surface area (TPSA) is 54.3 Å². The van der Waals surface area contributed by atoms with Crippen molar-refractivity contribution in [2.75, 3.05) is 13.1 Å². The number of fused-ring (bicyclic) bond motifs is 1. The highest BCUT2D eigenvalue weighted by atomic mass is 16.3. The Bertz CT molecular complexity index is 441. The highest BCUT2D eigenvalue weighted by Crippen LogP contribution is 2.32. The Morgan fingerprint density at radius 2 is 2.22 bits per heavy atom. The molecular weight excluding hydrogens is 228 g/mol. The second-order valence-corrected chi connectivity index (χ2v) is 5.55. The van der Waals surface area contributed by atoms with Crippen LogP contribution in [0, 0.1) is 18.8 Å². The fourth-order valence-corrected chi connectivity index (χ4v) is 3.31. The standard InChI is InChI=1S/C14H20N2O2/c1-9-13(4-5-18-9)14(17)16-12-3-2-10-7-15-8-11(10)6-12/h4-5,10-12,15H,2-3,6-8H2,1H3,(H,16,17)/t10-,11+,12?/m1/s1. The molecule has 1 aromatic rings. The van der Waals surface area contributed by atoms with Crippen LogP contribution in [0.2, 0.25) is 0 Å². The van der Waals surface area contributed by atoms with E-state index in [0.717, 1.165) is 37.8 Å². The Morgan fingerprint density at radius 1 is 1.39 bits per heavy atom. The first-order valence-electron chi connectivity index (χ1n) is 6.79. The highest BCUT2D eigenvalue weighted by Gasteiger charge is 2.34. The van der Waals surface area contributed by atoms with E-state index in [-0.39, 0.29) is 5.91 Å². The van der Waals surface area contributed by atoms with Crippen LogP contribution in [0.25, 0.3) is 0 Å². The Balaban J connectivity index is 1.60. The van der Waals surface area contributed by atoms with E-state index in [4.69, 9.17) is 4.42 Å². The molecule has 1 aliphatic heterocycles. The van der Waals surface area contributed by atoms with Gasteiger partial charge >= 0.3 is 0 Å². The monoisotopic (exact) mass is 248 g/mol. The van der Waals surface area contributed by atoms with E-state index in [1.807, 2.05) is 6.92 Å². The van der Waals surface area contributed by atoms with E-state index >= 15 is 0 Å². The zero-order valence-electron chi connectivity index (χ0n) is 10.7. The molecule has 3 rings (SSSR count). The van der Waals surface area contributed by atoms with Crippen molar-refractivity contribution in [3.05, 3.63) is 23.7 Å². The van der Waals surface area contributed by atoms with Gasteiger partial charge in [0.25, 0.3) is 5.91 Å². The lowest BCUT2D eigenvalue weighted by Crippen LogP contribution is -2.40. The molecule has 1 saturated heterocycles. The predicted molar refractivity (Wildman–Crippen MR) is 68.4 cm³/mol. The Kier molecular flexibility index (Phi) is 3.12. The first kappa shape index (κ1) is 11.8. The molecule has 1 aromatic heterocycles. The summed E-state index contributed by atoms with van der Waals surface area (Å²) < 4.78 is 5.17. The number of aryl methyl sites for hydroxylation is 1. The molecule has 1 aliphatic carbocycles. The van der Waals surface area contributed by atoms with Gasteiger partial charge in [0.1, 0.15) is 5.76 Å². The average molecular weight is 248 g/mol. The number of rotatable bonds is 2. The van der Waals surface area contributed by atoms with E-state index in [2.05, 4.69) is 10.6 Å². The minimum atomic E-state index is 0.00987. The molecule has 2 fully saturated rings. The number of nitrogens with one attached hydrogen (secondary N) is 2. The molecule has 2 aliphatic rings. The number of amides is 1. The minimum absolute atomic E-state index is 0.00987. The zero-order chi connectivity index (χ0) is 12.5. The minimum Gasteiger partial charge on any atom is -0.469 e. The van der Waals surface area contributed by atoms with E-state index < -0.39 is 0 Å². The largest absolute Gasteiger partial charge is 0.469 e. The maximum absolute atomic E-state index is 12.1. The van der Waals surface area contributed by atoms with Crippen molar-refractivity contribution in [2.45, 2.75) is 32.2 Å². The summed E-state index contributed by atoms with van der Waals surface area (Å²) in [4.78, 5) is 12.1. The van der Waals surface area contributed by atoms with Gasteiger partial charge in [-0.2, -0.15) is 0 Å². The van der Waals surface area contributed by atoms with Crippen molar-refractivity contribution in [1.29, 1.82) is 0 Å². The van der Waals surface area contributed by atoms with Gasteiger partial charge in [-0.05, 0) is 57.2 Å². The summed E-state index contributed by atoms with van der Waals surface area (Å²) in [6.07, 6.45) is 5.01. The van der Waals surface area contributed by atoms with Gasteiger partial charge in [-0.1, -0.05) is 0 Å². The smallest absolute Gasteiger partial charge is 0.255 e. The molecule has 0 aromatic carbocycles. The zero-order valence-corrected chi connectivity index (χ0v) is 10.7. The molecule has 1 saturated carbocycles. The van der Waals surface area contributed by atoms with Gasteiger partial charge in [-0.25, -0.2) is 0 Å². The van der Waals surface area contributed by atoms with Gasteiger partial charge in [0.05, 0.1) is 11.8 Å². The van der Waals surface area contributed by atoms with Crippen LogP contribution in [0.3, 0.4) is 0 Å². The van der Waals surface area contributed by atoms with E-state index in [1.54, 1.807) is 12.3 Å². The third-order valence-electron chi connectivity index (χ3n) is 4.39. The van der Waals surface area contributed by atoms with Gasteiger partial charge in [0, 0.05) is 6.04 Å². The summed E-state index contributed by atoms with van der Waals surface area (Å²) in [7, 11) is 0. The van der Waals surface area contributed by atoms with Gasteiger partial charge < -0.3 is 15.1 Å². The van der Waals surface area contributed by atoms with Crippen LogP contribution in [0.5, 0.6) is 0 Å². The molecule has 3 atom stereocenters. The quantitative estimate of drug-likeness (QED) is 0.837. The van der Waals surface area contributed by atoms with Crippen LogP contribution in [-0.2, 0) is 0 Å². The molecule has 1 unspecified atom stereocenters. The SMILES string of the molecule is Cc1occc1C(=O)NC1CC[C@@H]2CNC[C@@H]2C1. The second-order valence-electron chi connectivity index (χ2n) is 5.55. The molecule has 0 spiro atoms. The lowest BCUT2D eigenvalue weighted by Gasteiger charge is -2.31. The van der Waals surface area contributed by atoms with E-state index in [1.165, 1.54) is 6.42 Å². The van der Waals surface area contributed by atoms with Crippen molar-refractivity contribution >= 4 is 5.91 Å². The third kappa shape index (κ3) is 2.17. The number of hydrogen-bond acceptors (Lipinski definition) is 3. The van der Waals surface area contributed by atoms with Crippen LogP contribution in [0.1, 0.15) is 35.4 Å². The van der Waals surface area contributed by atoms with Crippen LogP contribution < -0.4 is 10.6 Å². The molecule has 1 amide bonds. The number of furan rings is 1. The molecule has 0 bridgehead atoms. The van der Waals surface area contributed by atoms with Crippen molar-refractivity contribution in [3.8, 4) is 0 Å². The molecule has 4 nitrogen and oxygen atoms in total. The molecular formula is C14H20N2O2. The summed E-state index contributed by atoms with van der Waals surface area (Å²) in [5, 5.41) is 6.60. The van der Waals surface area contributed by atoms with Crippen molar-refractivity contribution in [3.63, 3.8) is 0 Å². The normalized spacial score (nSPS) is 31.1. The Morgan fingerprint density at radius 3 is 3.00 bits per heavy atom. The number of hydrogen-bond donors (Lipinski definition) is 2. The lowest BCUT2D eigenvalue weighted by atomic mass is 9.79. The van der Waals surface area contributed by atoms with Crippen LogP contribution in [0.4, 0.5) is 0 Å². The maximum Gasteiger partial charge on any atom is 0.255 e. The van der Waals surface area contributed by atoms with E-state index in [0.29, 0.717) is 17.4 Å². The predicted octanol–water partition coefficient (Wildman–Crippen LogP) is 1.71. The summed E-state index contributed by atoms with van der Waals surface area (Å²) in [6, 6.07) is 2.07. The summed E-state index contributed by atoms with van der Waals surface area (Å²) in [5.41, 5.74) is 0.668. The van der Waals surface area contributed by atoms with Crippen LogP contribution >= 0.6 is 0 Å². The first-order chi connectivity index (χ1) is 8.74. The van der Waals surface area contributed by atoms with Crippen molar-refractivity contribution in [2.24, 2.45) is 11.8 Å². The van der Waals surface area contributed by atoms with Crippen molar-refractivity contribution < 1.29 is 9.21 Å². The van der Waals surface area contributed by atoms with Crippen molar-refractivity contribution in [1.82, 2.24) is 10.6 Å². The molecule has 4 heteroatoms. The molecule has 2 N–H and O–H groups in total. The Hall–Kier alpha value is -1.29. The number of carbonyl (C=O) groups excluding carboxylic acids is 1. The summed E-state index contributed by atoms with van der Waals surface area (Å²) >= 11 is 0. The fraction of sp³-hybridized carbons (Fsp3) is 0.643. The molecule has 18 heavy (non-hydrogen) atoms. The third-order valence-corrected chi connectivity index (χ3v) is 4.39. The first-order valence-corrected chi connectivity index (χ1v) is 6.79. The van der Waals surface area contributed by atoms with Crippen LogP contribution in [-0.4, -0.2) is 25.0 Å². The molecule has 98 valence electrons. The molecule has 2 heterocycles. The van der Waals surface area contributed by atoms with Gasteiger partial charge in [-0.15, -0.1) is 0 Å². The van der Waals surface area contributed by atoms with Crippen LogP contribution in [0.15, 0.2) is 16.7 Å². The fourth-order valence-electron chi connectivity index (χ4n) is 3.31. The maximum atomic E-state index is 12.1. The number of carbonyl (C=O) groups is 1. The lowest BCUT2D eigenvalue weighted by molar-refractivity contribution is 0.0912.